The van der Waals surface area contributed by atoms with Crippen LogP contribution < -0.4 is 20.1 Å². The normalized spacial score (nSPS) is 11.6. The summed E-state index contributed by atoms with van der Waals surface area (Å²) in [6.45, 7) is 7.02. The van der Waals surface area contributed by atoms with Crippen molar-refractivity contribution in [2.75, 3.05) is 13.7 Å². The van der Waals surface area contributed by atoms with Crippen LogP contribution in [-0.4, -0.2) is 24.7 Å². The fraction of sp³-hybridized carbons (Fsp3) is 0.429. The number of carbonyl (C=O) groups excluding carboxylic acids is 1. The van der Waals surface area contributed by atoms with Crippen molar-refractivity contribution in [3.8, 4) is 11.6 Å². The number of amides is 2. The van der Waals surface area contributed by atoms with E-state index in [0.29, 0.717) is 19.0 Å². The molecule has 146 valence electrons. The third-order valence-electron chi connectivity index (χ3n) is 4.23. The third kappa shape index (κ3) is 6.16. The maximum Gasteiger partial charge on any atom is 0.315 e. The number of ether oxygens (including phenoxy) is 2. The van der Waals surface area contributed by atoms with Gasteiger partial charge in [-0.25, -0.2) is 9.78 Å². The Bertz CT molecular complexity index is 749. The highest BCUT2D eigenvalue weighted by Crippen LogP contribution is 2.26. The molecule has 6 heteroatoms. The van der Waals surface area contributed by atoms with E-state index in [1.54, 1.807) is 13.3 Å². The Balaban J connectivity index is 1.94. The summed E-state index contributed by atoms with van der Waals surface area (Å²) in [5, 5.41) is 5.82. The van der Waals surface area contributed by atoms with Crippen LogP contribution in [0, 0.1) is 6.92 Å². The lowest BCUT2D eigenvalue weighted by atomic mass is 10.0. The van der Waals surface area contributed by atoms with Gasteiger partial charge in [0.1, 0.15) is 5.75 Å². The predicted molar refractivity (Wildman–Crippen MR) is 106 cm³/mol. The number of aryl methyl sites for hydroxylation is 1. The van der Waals surface area contributed by atoms with Gasteiger partial charge in [0, 0.05) is 23.9 Å². The lowest BCUT2D eigenvalue weighted by Gasteiger charge is -2.18. The van der Waals surface area contributed by atoms with Crippen LogP contribution in [0.4, 0.5) is 4.79 Å². The van der Waals surface area contributed by atoms with Crippen LogP contribution in [0.3, 0.4) is 0 Å². The average molecular weight is 371 g/mol. The molecule has 0 saturated carbocycles. The first-order chi connectivity index (χ1) is 13.0. The van der Waals surface area contributed by atoms with E-state index in [-0.39, 0.29) is 12.1 Å². The van der Waals surface area contributed by atoms with Crippen LogP contribution in [0.15, 0.2) is 36.5 Å². The number of urea groups is 1. The molecule has 0 aliphatic carbocycles. The number of benzene rings is 1. The average Bonchev–Trinajstić information content (AvgIpc) is 2.67. The van der Waals surface area contributed by atoms with Crippen molar-refractivity contribution in [1.29, 1.82) is 0 Å². The first kappa shape index (κ1) is 20.6. The summed E-state index contributed by atoms with van der Waals surface area (Å²) < 4.78 is 11.1. The molecule has 0 saturated heterocycles. The summed E-state index contributed by atoms with van der Waals surface area (Å²) in [5.74, 6) is 1.33. The van der Waals surface area contributed by atoms with Gasteiger partial charge < -0.3 is 20.1 Å². The summed E-state index contributed by atoms with van der Waals surface area (Å²) >= 11 is 0. The number of pyridine rings is 1. The molecule has 1 aromatic heterocycles. The van der Waals surface area contributed by atoms with Crippen LogP contribution >= 0.6 is 0 Å². The number of hydrogen-bond donors (Lipinski definition) is 2. The summed E-state index contributed by atoms with van der Waals surface area (Å²) in [7, 11) is 1.63. The lowest BCUT2D eigenvalue weighted by molar-refractivity contribution is 0.237. The molecule has 2 aromatic rings. The van der Waals surface area contributed by atoms with Crippen LogP contribution in [0.2, 0.25) is 0 Å². The highest BCUT2D eigenvalue weighted by atomic mass is 16.5. The molecule has 2 rings (SSSR count). The van der Waals surface area contributed by atoms with Gasteiger partial charge in [0.25, 0.3) is 0 Å². The largest absolute Gasteiger partial charge is 0.496 e. The smallest absolute Gasteiger partial charge is 0.315 e. The number of unbranched alkanes of at least 4 members (excludes halogenated alkanes) is 1. The zero-order valence-corrected chi connectivity index (χ0v) is 16.5. The van der Waals surface area contributed by atoms with Crippen LogP contribution in [0.25, 0.3) is 0 Å². The second-order valence-corrected chi connectivity index (χ2v) is 6.46. The first-order valence-corrected chi connectivity index (χ1v) is 9.30. The molecule has 0 fully saturated rings. The van der Waals surface area contributed by atoms with E-state index in [1.165, 1.54) is 0 Å². The minimum atomic E-state index is -0.255. The molecule has 0 aliphatic heterocycles. The second kappa shape index (κ2) is 10.4. The van der Waals surface area contributed by atoms with Crippen molar-refractivity contribution in [3.05, 3.63) is 53.2 Å². The Labute approximate surface area is 161 Å². The summed E-state index contributed by atoms with van der Waals surface area (Å²) in [5.41, 5.74) is 2.91. The topological polar surface area (TPSA) is 72.5 Å². The molecule has 1 aromatic carbocycles. The number of nitrogens with zero attached hydrogens (tertiary/aromatic N) is 1. The molecule has 27 heavy (non-hydrogen) atoms. The fourth-order valence-corrected chi connectivity index (χ4v) is 2.69. The molecule has 0 spiro atoms. The van der Waals surface area contributed by atoms with E-state index in [2.05, 4.69) is 22.5 Å². The summed E-state index contributed by atoms with van der Waals surface area (Å²) in [4.78, 5) is 16.6. The summed E-state index contributed by atoms with van der Waals surface area (Å²) in [6, 6.07) is 9.21. The van der Waals surface area contributed by atoms with Crippen molar-refractivity contribution in [2.24, 2.45) is 0 Å². The van der Waals surface area contributed by atoms with Crippen LogP contribution in [-0.2, 0) is 6.54 Å². The van der Waals surface area contributed by atoms with Crippen molar-refractivity contribution < 1.29 is 14.3 Å². The molecule has 6 nitrogen and oxygen atoms in total. The Hall–Kier alpha value is -2.76. The van der Waals surface area contributed by atoms with E-state index in [9.17, 15) is 4.79 Å². The van der Waals surface area contributed by atoms with Crippen LogP contribution in [0.5, 0.6) is 11.6 Å². The zero-order valence-electron chi connectivity index (χ0n) is 16.5. The van der Waals surface area contributed by atoms with Crippen molar-refractivity contribution >= 4 is 6.03 Å². The molecule has 1 unspecified atom stereocenters. The van der Waals surface area contributed by atoms with Gasteiger partial charge in [-0.15, -0.1) is 0 Å². The van der Waals surface area contributed by atoms with E-state index in [1.807, 2.05) is 44.2 Å². The quantitative estimate of drug-likeness (QED) is 0.650. The number of methoxy groups -OCH3 is 1. The highest BCUT2D eigenvalue weighted by molar-refractivity contribution is 5.74. The molecule has 2 amide bonds. The second-order valence-electron chi connectivity index (χ2n) is 6.46. The molecule has 0 bridgehead atoms. The minimum Gasteiger partial charge on any atom is -0.496 e. The Morgan fingerprint density at radius 1 is 1.30 bits per heavy atom. The van der Waals surface area contributed by atoms with Gasteiger partial charge in [-0.05, 0) is 32.4 Å². The van der Waals surface area contributed by atoms with E-state index in [4.69, 9.17) is 9.47 Å². The predicted octanol–water partition coefficient (Wildman–Crippen LogP) is 4.14. The summed E-state index contributed by atoms with van der Waals surface area (Å²) in [6.07, 6.45) is 3.72. The standard InChI is InChI=1S/C21H29N3O3/c1-5-6-12-27-20-17(8-7-11-22-20)14-23-21(25)24-16(3)18-13-15(2)9-10-19(18)26-4/h7-11,13,16H,5-6,12,14H2,1-4H3,(H2,23,24,25). The van der Waals surface area contributed by atoms with Crippen molar-refractivity contribution in [2.45, 2.75) is 46.2 Å². The monoisotopic (exact) mass is 371 g/mol. The van der Waals surface area contributed by atoms with Gasteiger partial charge in [-0.1, -0.05) is 37.1 Å². The molecule has 2 N–H and O–H groups in total. The van der Waals surface area contributed by atoms with E-state index < -0.39 is 0 Å². The van der Waals surface area contributed by atoms with Gasteiger partial charge in [-0.3, -0.25) is 0 Å². The Kier molecular flexibility index (Phi) is 7.92. The molecule has 1 heterocycles. The number of hydrogen-bond acceptors (Lipinski definition) is 4. The van der Waals surface area contributed by atoms with Crippen molar-refractivity contribution in [1.82, 2.24) is 15.6 Å². The Morgan fingerprint density at radius 2 is 2.11 bits per heavy atom. The third-order valence-corrected chi connectivity index (χ3v) is 4.23. The van der Waals surface area contributed by atoms with Gasteiger partial charge >= 0.3 is 6.03 Å². The number of aromatic nitrogens is 1. The number of rotatable bonds is 9. The Morgan fingerprint density at radius 3 is 2.85 bits per heavy atom. The van der Waals surface area contributed by atoms with Crippen molar-refractivity contribution in [3.63, 3.8) is 0 Å². The van der Waals surface area contributed by atoms with Gasteiger partial charge in [0.15, 0.2) is 0 Å². The molecular weight excluding hydrogens is 342 g/mol. The van der Waals surface area contributed by atoms with E-state index in [0.717, 1.165) is 35.3 Å². The zero-order chi connectivity index (χ0) is 19.6. The maximum atomic E-state index is 12.3. The van der Waals surface area contributed by atoms with Crippen LogP contribution in [0.1, 0.15) is 49.4 Å². The molecular formula is C21H29N3O3. The molecule has 1 atom stereocenters. The van der Waals surface area contributed by atoms with E-state index >= 15 is 0 Å². The number of nitrogens with one attached hydrogen (secondary N) is 2. The minimum absolute atomic E-state index is 0.186. The maximum absolute atomic E-state index is 12.3. The van der Waals surface area contributed by atoms with Gasteiger partial charge in [-0.2, -0.15) is 0 Å². The highest BCUT2D eigenvalue weighted by Gasteiger charge is 2.15. The first-order valence-electron chi connectivity index (χ1n) is 9.30. The van der Waals surface area contributed by atoms with Gasteiger partial charge in [0.05, 0.1) is 19.8 Å². The fourth-order valence-electron chi connectivity index (χ4n) is 2.69. The lowest BCUT2D eigenvalue weighted by Crippen LogP contribution is -2.36. The van der Waals surface area contributed by atoms with Gasteiger partial charge in [0.2, 0.25) is 5.88 Å². The SMILES string of the molecule is CCCCOc1ncccc1CNC(=O)NC(C)c1cc(C)ccc1OC. The molecule has 0 radical (unpaired) electrons. The number of carbonyl (C=O) groups is 1. The molecule has 0 aliphatic rings.